The standard InChI is InChI=1S/C45H35N4Si.Pt/c1-32-14-7-8-19-38(32)33-26-27-46-45(28-33)49-41-21-10-9-20-39(41)40-25-24-37(30-44(40)49)50(2,3)36-18-13-17-35(29-36)48-31-47(34-15-5-4-6-16-34)42-22-11-12-23-43(42)48;/h4-28,31H,1-3H3;/q-1;. The third-order valence-corrected chi connectivity index (χ3v) is 13.3. The Kier molecular flexibility index (Phi) is 8.42. The molecule has 0 saturated carbocycles. The number of nitrogens with zero attached hydrogens (tertiary/aromatic N) is 4. The molecule has 3 heterocycles. The quantitative estimate of drug-likeness (QED) is 0.121. The van der Waals surface area contributed by atoms with Crippen LogP contribution in [0.4, 0.5) is 0 Å². The molecule has 0 radical (unpaired) electrons. The third-order valence-electron chi connectivity index (χ3n) is 10.1. The summed E-state index contributed by atoms with van der Waals surface area (Å²) in [6.07, 6.45) is 4.10. The molecule has 0 amide bonds. The minimum absolute atomic E-state index is 0. The molecule has 0 fully saturated rings. The minimum atomic E-state index is -2.27. The van der Waals surface area contributed by atoms with Gasteiger partial charge in [-0.2, -0.15) is 45.3 Å². The van der Waals surface area contributed by atoms with Crippen molar-refractivity contribution in [3.8, 4) is 28.3 Å². The Morgan fingerprint density at radius 3 is 2.10 bits per heavy atom. The van der Waals surface area contributed by atoms with Gasteiger partial charge in [-0.15, -0.1) is 17.5 Å². The number of pyridine rings is 1. The number of hydrogen-bond acceptors (Lipinski definition) is 1. The van der Waals surface area contributed by atoms with E-state index in [4.69, 9.17) is 4.98 Å². The first-order valence-electron chi connectivity index (χ1n) is 17.1. The first-order chi connectivity index (χ1) is 24.5. The van der Waals surface area contributed by atoms with E-state index in [0.717, 1.165) is 44.8 Å². The van der Waals surface area contributed by atoms with Gasteiger partial charge in [0.2, 0.25) is 0 Å². The van der Waals surface area contributed by atoms with Crippen molar-refractivity contribution in [2.24, 2.45) is 0 Å². The number of para-hydroxylation sites is 4. The Hall–Kier alpha value is -5.35. The fraction of sp³-hybridized carbons (Fsp3) is 0.0667. The van der Waals surface area contributed by atoms with Gasteiger partial charge in [-0.05, 0) is 59.3 Å². The van der Waals surface area contributed by atoms with E-state index in [0.29, 0.717) is 0 Å². The normalized spacial score (nSPS) is 11.7. The minimum Gasteiger partial charge on any atom is -0.319 e. The smallest absolute Gasteiger partial charge is 0.168 e. The number of aromatic nitrogens is 4. The maximum absolute atomic E-state index is 4.92. The summed E-state index contributed by atoms with van der Waals surface area (Å²) in [6.45, 7) is 6.97. The van der Waals surface area contributed by atoms with Crippen LogP contribution in [0.5, 0.6) is 0 Å². The van der Waals surface area contributed by atoms with Gasteiger partial charge in [0, 0.05) is 50.6 Å². The molecule has 6 heteroatoms. The van der Waals surface area contributed by atoms with Crippen molar-refractivity contribution >= 4 is 51.3 Å². The van der Waals surface area contributed by atoms with E-state index < -0.39 is 8.07 Å². The van der Waals surface area contributed by atoms with Gasteiger partial charge in [0.15, 0.2) is 17.4 Å². The van der Waals surface area contributed by atoms with Crippen molar-refractivity contribution in [3.05, 3.63) is 176 Å². The zero-order valence-electron chi connectivity index (χ0n) is 28.6. The second kappa shape index (κ2) is 13.1. The van der Waals surface area contributed by atoms with E-state index in [1.807, 2.05) is 6.20 Å². The molecule has 0 saturated heterocycles. The van der Waals surface area contributed by atoms with Crippen LogP contribution < -0.4 is 10.4 Å². The van der Waals surface area contributed by atoms with Crippen LogP contribution in [0, 0.1) is 19.1 Å². The summed E-state index contributed by atoms with van der Waals surface area (Å²) in [6, 6.07) is 59.5. The van der Waals surface area contributed by atoms with Crippen LogP contribution in [-0.4, -0.2) is 26.8 Å². The fourth-order valence-corrected chi connectivity index (χ4v) is 9.48. The summed E-state index contributed by atoms with van der Waals surface area (Å²) in [7, 11) is -2.27. The van der Waals surface area contributed by atoms with Crippen LogP contribution in [-0.2, 0) is 21.1 Å². The monoisotopic (exact) mass is 854 g/mol. The molecule has 0 aliphatic carbocycles. The summed E-state index contributed by atoms with van der Waals surface area (Å²) >= 11 is 0. The number of fused-ring (bicyclic) bond motifs is 4. The molecule has 0 spiro atoms. The van der Waals surface area contributed by atoms with E-state index in [2.05, 4.69) is 198 Å². The number of imidazole rings is 1. The Bertz CT molecular complexity index is 2710. The largest absolute Gasteiger partial charge is 0.319 e. The van der Waals surface area contributed by atoms with E-state index >= 15 is 0 Å². The number of benzene rings is 6. The van der Waals surface area contributed by atoms with Crippen molar-refractivity contribution in [2.45, 2.75) is 20.0 Å². The summed E-state index contributed by atoms with van der Waals surface area (Å²) in [5.74, 6) is 0.893. The van der Waals surface area contributed by atoms with Gasteiger partial charge in [0.05, 0.1) is 8.07 Å². The molecule has 0 aliphatic rings. The maximum atomic E-state index is 4.92. The van der Waals surface area contributed by atoms with Crippen LogP contribution in [0.1, 0.15) is 5.56 Å². The van der Waals surface area contributed by atoms with Crippen LogP contribution in [0.2, 0.25) is 13.1 Å². The molecule has 0 aliphatic heterocycles. The van der Waals surface area contributed by atoms with Gasteiger partial charge >= 0.3 is 0 Å². The van der Waals surface area contributed by atoms with E-state index in [1.165, 1.54) is 32.3 Å². The molecule has 9 aromatic rings. The van der Waals surface area contributed by atoms with Crippen molar-refractivity contribution in [3.63, 3.8) is 0 Å². The summed E-state index contributed by atoms with van der Waals surface area (Å²) in [4.78, 5) is 4.92. The van der Waals surface area contributed by atoms with E-state index in [-0.39, 0.29) is 21.1 Å². The molecule has 51 heavy (non-hydrogen) atoms. The molecule has 250 valence electrons. The van der Waals surface area contributed by atoms with Gasteiger partial charge in [-0.25, -0.2) is 9.55 Å². The summed E-state index contributed by atoms with van der Waals surface area (Å²) in [5, 5.41) is 4.85. The van der Waals surface area contributed by atoms with Gasteiger partial charge < -0.3 is 4.57 Å². The van der Waals surface area contributed by atoms with Crippen molar-refractivity contribution < 1.29 is 21.1 Å². The molecule has 6 aromatic carbocycles. The zero-order valence-corrected chi connectivity index (χ0v) is 31.9. The summed E-state index contributed by atoms with van der Waals surface area (Å²) in [5.41, 5.74) is 10.3. The topological polar surface area (TPSA) is 27.7 Å². The fourth-order valence-electron chi connectivity index (χ4n) is 7.31. The SMILES string of the molecule is Cc1ccccc1-c1ccnc(-n2c3[c-]c([Si](C)(C)c4[c-]c(-n5[cH+]n(-c6ccccc6)c6ccccc65)ccc4)ccc3c3ccccc32)c1.[Pt]. The molecule has 3 aromatic heterocycles. The van der Waals surface area contributed by atoms with Gasteiger partial charge in [-0.1, -0.05) is 91.4 Å². The molecular formula is C45H35N4PtSi-. The van der Waals surface area contributed by atoms with Crippen molar-refractivity contribution in [1.82, 2.24) is 18.7 Å². The third kappa shape index (κ3) is 5.58. The first kappa shape index (κ1) is 32.8. The van der Waals surface area contributed by atoms with Crippen molar-refractivity contribution in [1.29, 1.82) is 0 Å². The Morgan fingerprint density at radius 1 is 0.608 bits per heavy atom. The van der Waals surface area contributed by atoms with Crippen LogP contribution in [0.25, 0.3) is 61.2 Å². The molecule has 0 bridgehead atoms. The molecule has 0 unspecified atom stereocenters. The number of aryl methyl sites for hydroxylation is 1. The zero-order chi connectivity index (χ0) is 33.8. The second-order valence-electron chi connectivity index (χ2n) is 13.5. The average molecular weight is 855 g/mol. The first-order valence-corrected chi connectivity index (χ1v) is 20.1. The van der Waals surface area contributed by atoms with Crippen LogP contribution >= 0.6 is 0 Å². The molecule has 9 rings (SSSR count). The number of rotatable bonds is 6. The van der Waals surface area contributed by atoms with Crippen molar-refractivity contribution in [2.75, 3.05) is 0 Å². The molecule has 4 nitrogen and oxygen atoms in total. The average Bonchev–Trinajstić information content (AvgIpc) is 3.72. The Balaban J connectivity index is 0.00000374. The van der Waals surface area contributed by atoms with Gasteiger partial charge in [0.1, 0.15) is 11.5 Å². The van der Waals surface area contributed by atoms with E-state index in [1.54, 1.807) is 0 Å². The molecular weight excluding hydrogens is 820 g/mol. The van der Waals surface area contributed by atoms with Crippen LogP contribution in [0.3, 0.4) is 0 Å². The summed E-state index contributed by atoms with van der Waals surface area (Å²) < 4.78 is 6.80. The van der Waals surface area contributed by atoms with E-state index in [9.17, 15) is 0 Å². The number of hydrogen-bond donors (Lipinski definition) is 0. The molecule has 0 N–H and O–H groups in total. The Labute approximate surface area is 313 Å². The van der Waals surface area contributed by atoms with Gasteiger partial charge in [0.25, 0.3) is 0 Å². The molecule has 0 atom stereocenters. The predicted molar refractivity (Wildman–Crippen MR) is 210 cm³/mol. The van der Waals surface area contributed by atoms with Gasteiger partial charge in [-0.3, -0.25) is 0 Å². The Morgan fingerprint density at radius 2 is 1.29 bits per heavy atom. The maximum Gasteiger partial charge on any atom is 0.168 e. The van der Waals surface area contributed by atoms with Crippen LogP contribution in [0.15, 0.2) is 158 Å². The predicted octanol–water partition coefficient (Wildman–Crippen LogP) is 9.59. The second-order valence-corrected chi connectivity index (χ2v) is 17.8.